The first kappa shape index (κ1) is 12.2. The van der Waals surface area contributed by atoms with Gasteiger partial charge in [0.1, 0.15) is 18.6 Å². The van der Waals surface area contributed by atoms with E-state index in [0.29, 0.717) is 0 Å². The molecule has 92 valence electrons. The summed E-state index contributed by atoms with van der Waals surface area (Å²) in [5.41, 5.74) is 1.70. The van der Waals surface area contributed by atoms with Crippen molar-refractivity contribution in [3.63, 3.8) is 0 Å². The van der Waals surface area contributed by atoms with E-state index >= 15 is 0 Å². The highest BCUT2D eigenvalue weighted by Crippen LogP contribution is 2.25. The van der Waals surface area contributed by atoms with Gasteiger partial charge in [-0.3, -0.25) is 0 Å². The topological polar surface area (TPSA) is 30.8 Å². The highest BCUT2D eigenvalue weighted by atomic mass is 16.6. The lowest BCUT2D eigenvalue weighted by molar-refractivity contribution is 0.213. The van der Waals surface area contributed by atoms with Crippen molar-refractivity contribution in [2.45, 2.75) is 6.92 Å². The van der Waals surface area contributed by atoms with E-state index in [9.17, 15) is 0 Å². The number of hydrogen-bond acceptors (Lipinski definition) is 3. The van der Waals surface area contributed by atoms with Crippen LogP contribution in [0.3, 0.4) is 0 Å². The molecule has 3 nitrogen and oxygen atoms in total. The fourth-order valence-corrected chi connectivity index (χ4v) is 1.66. The molecule has 2 rings (SSSR count). The molecular weight excluding hydrogens is 226 g/mol. The molecule has 0 spiro atoms. The van der Waals surface area contributed by atoms with Crippen molar-refractivity contribution < 1.29 is 9.57 Å². The predicted molar refractivity (Wildman–Crippen MR) is 72.2 cm³/mol. The molecule has 2 aromatic carbocycles. The fraction of sp³-hybridized carbons (Fsp3) is 0.133. The van der Waals surface area contributed by atoms with Crippen LogP contribution in [0.5, 0.6) is 11.5 Å². The second-order valence-electron chi connectivity index (χ2n) is 3.77. The van der Waals surface area contributed by atoms with Gasteiger partial charge in [0, 0.05) is 5.56 Å². The molecule has 2 aromatic rings. The van der Waals surface area contributed by atoms with Gasteiger partial charge in [-0.2, -0.15) is 0 Å². The summed E-state index contributed by atoms with van der Waals surface area (Å²) in [6, 6.07) is 17.4. The molecule has 0 aliphatic carbocycles. The quantitative estimate of drug-likeness (QED) is 0.601. The Bertz CT molecular complexity index is 535. The maximum Gasteiger partial charge on any atom is 0.136 e. The second-order valence-corrected chi connectivity index (χ2v) is 3.77. The Morgan fingerprint density at radius 3 is 2.33 bits per heavy atom. The third kappa shape index (κ3) is 2.88. The standard InChI is InChI=1S/C15H15NO2/c1-12(16-17-2)14-10-6-7-11-15(14)18-13-8-4-3-5-9-13/h3-11H,1-2H3/b16-12-. The SMILES string of the molecule is CO/N=C(/C)c1ccccc1Oc1ccccc1. The van der Waals surface area contributed by atoms with Crippen LogP contribution in [0.1, 0.15) is 12.5 Å². The molecule has 0 fully saturated rings. The Hall–Kier alpha value is -2.29. The van der Waals surface area contributed by atoms with E-state index in [1.807, 2.05) is 61.5 Å². The summed E-state index contributed by atoms with van der Waals surface area (Å²) >= 11 is 0. The summed E-state index contributed by atoms with van der Waals surface area (Å²) < 4.78 is 5.84. The van der Waals surface area contributed by atoms with E-state index in [0.717, 1.165) is 22.8 Å². The molecule has 0 N–H and O–H groups in total. The summed E-state index contributed by atoms with van der Waals surface area (Å²) in [6.07, 6.45) is 0. The van der Waals surface area contributed by atoms with Crippen molar-refractivity contribution in [2.24, 2.45) is 5.16 Å². The van der Waals surface area contributed by atoms with Crippen molar-refractivity contribution in [2.75, 3.05) is 7.11 Å². The first-order valence-corrected chi connectivity index (χ1v) is 5.71. The lowest BCUT2D eigenvalue weighted by Crippen LogP contribution is -1.99. The molecule has 18 heavy (non-hydrogen) atoms. The van der Waals surface area contributed by atoms with Gasteiger partial charge in [0.2, 0.25) is 0 Å². The number of ether oxygens (including phenoxy) is 1. The normalized spacial score (nSPS) is 11.1. The smallest absolute Gasteiger partial charge is 0.136 e. The average Bonchev–Trinajstić information content (AvgIpc) is 2.41. The summed E-state index contributed by atoms with van der Waals surface area (Å²) in [4.78, 5) is 4.80. The molecule has 0 aliphatic rings. The molecule has 0 aromatic heterocycles. The van der Waals surface area contributed by atoms with Gasteiger partial charge >= 0.3 is 0 Å². The van der Waals surface area contributed by atoms with Gasteiger partial charge in [-0.15, -0.1) is 0 Å². The van der Waals surface area contributed by atoms with Crippen LogP contribution >= 0.6 is 0 Å². The Balaban J connectivity index is 2.31. The van der Waals surface area contributed by atoms with Gasteiger partial charge in [-0.05, 0) is 31.2 Å². The van der Waals surface area contributed by atoms with Crippen molar-refractivity contribution in [3.05, 3.63) is 60.2 Å². The molecule has 3 heteroatoms. The van der Waals surface area contributed by atoms with Crippen molar-refractivity contribution in [3.8, 4) is 11.5 Å². The van der Waals surface area contributed by atoms with Gasteiger partial charge in [0.05, 0.1) is 5.71 Å². The first-order valence-electron chi connectivity index (χ1n) is 5.71. The molecule has 0 amide bonds. The molecule has 0 unspecified atom stereocenters. The zero-order valence-electron chi connectivity index (χ0n) is 10.5. The van der Waals surface area contributed by atoms with E-state index in [1.54, 1.807) is 0 Å². The van der Waals surface area contributed by atoms with Crippen LogP contribution in [0.25, 0.3) is 0 Å². The zero-order valence-corrected chi connectivity index (χ0v) is 10.5. The molecule has 0 aliphatic heterocycles. The highest BCUT2D eigenvalue weighted by molar-refractivity contribution is 6.00. The number of rotatable bonds is 4. The van der Waals surface area contributed by atoms with Crippen LogP contribution in [0.4, 0.5) is 0 Å². The minimum absolute atomic E-state index is 0.766. The first-order chi connectivity index (χ1) is 8.81. The molecule has 0 atom stereocenters. The number of para-hydroxylation sites is 2. The summed E-state index contributed by atoms with van der Waals surface area (Å²) in [5.74, 6) is 1.57. The predicted octanol–water partition coefficient (Wildman–Crippen LogP) is 3.85. The van der Waals surface area contributed by atoms with Crippen LogP contribution in [0, 0.1) is 0 Å². The van der Waals surface area contributed by atoms with E-state index in [1.165, 1.54) is 7.11 Å². The van der Waals surface area contributed by atoms with Crippen LogP contribution in [-0.2, 0) is 4.84 Å². The van der Waals surface area contributed by atoms with E-state index in [2.05, 4.69) is 5.16 Å². The summed E-state index contributed by atoms with van der Waals surface area (Å²) in [5, 5.41) is 3.93. The number of hydrogen-bond donors (Lipinski definition) is 0. The highest BCUT2D eigenvalue weighted by Gasteiger charge is 2.07. The maximum absolute atomic E-state index is 5.84. The minimum Gasteiger partial charge on any atom is -0.457 e. The molecule has 0 radical (unpaired) electrons. The summed E-state index contributed by atoms with van der Waals surface area (Å²) in [7, 11) is 1.53. The molecule has 0 saturated heterocycles. The van der Waals surface area contributed by atoms with Crippen LogP contribution in [0.2, 0.25) is 0 Å². The summed E-state index contributed by atoms with van der Waals surface area (Å²) in [6.45, 7) is 1.89. The van der Waals surface area contributed by atoms with Gasteiger partial charge in [0.25, 0.3) is 0 Å². The zero-order chi connectivity index (χ0) is 12.8. The van der Waals surface area contributed by atoms with Crippen molar-refractivity contribution >= 4 is 5.71 Å². The minimum atomic E-state index is 0.766. The van der Waals surface area contributed by atoms with E-state index < -0.39 is 0 Å². The number of nitrogens with zero attached hydrogens (tertiary/aromatic N) is 1. The Morgan fingerprint density at radius 2 is 1.61 bits per heavy atom. The third-order valence-corrected chi connectivity index (χ3v) is 2.48. The van der Waals surface area contributed by atoms with Gasteiger partial charge in [-0.1, -0.05) is 35.5 Å². The molecular formula is C15H15NO2. The molecule has 0 heterocycles. The number of oxime groups is 1. The van der Waals surface area contributed by atoms with E-state index in [-0.39, 0.29) is 0 Å². The number of benzene rings is 2. The van der Waals surface area contributed by atoms with E-state index in [4.69, 9.17) is 9.57 Å². The Morgan fingerprint density at radius 1 is 0.944 bits per heavy atom. The average molecular weight is 241 g/mol. The van der Waals surface area contributed by atoms with Gasteiger partial charge in [-0.25, -0.2) is 0 Å². The second kappa shape index (κ2) is 5.87. The largest absolute Gasteiger partial charge is 0.457 e. The fourth-order valence-electron chi connectivity index (χ4n) is 1.66. The molecule has 0 bridgehead atoms. The van der Waals surface area contributed by atoms with Crippen molar-refractivity contribution in [1.29, 1.82) is 0 Å². The third-order valence-electron chi connectivity index (χ3n) is 2.48. The van der Waals surface area contributed by atoms with Crippen LogP contribution in [-0.4, -0.2) is 12.8 Å². The van der Waals surface area contributed by atoms with Crippen LogP contribution in [0.15, 0.2) is 59.8 Å². The maximum atomic E-state index is 5.84. The van der Waals surface area contributed by atoms with Crippen molar-refractivity contribution in [1.82, 2.24) is 0 Å². The monoisotopic (exact) mass is 241 g/mol. The van der Waals surface area contributed by atoms with Gasteiger partial charge in [0.15, 0.2) is 0 Å². The van der Waals surface area contributed by atoms with Crippen LogP contribution < -0.4 is 4.74 Å². The Kier molecular flexibility index (Phi) is 3.97. The Labute approximate surface area is 107 Å². The van der Waals surface area contributed by atoms with Gasteiger partial charge < -0.3 is 9.57 Å². The molecule has 0 saturated carbocycles. The lowest BCUT2D eigenvalue weighted by Gasteiger charge is -2.10. The lowest BCUT2D eigenvalue weighted by atomic mass is 10.1.